The van der Waals surface area contributed by atoms with Crippen molar-refractivity contribution < 1.29 is 4.79 Å². The van der Waals surface area contributed by atoms with Crippen molar-refractivity contribution in [2.75, 3.05) is 6.54 Å². The van der Waals surface area contributed by atoms with Gasteiger partial charge in [0, 0.05) is 23.2 Å². The first kappa shape index (κ1) is 23.5. The molecule has 2 heterocycles. The summed E-state index contributed by atoms with van der Waals surface area (Å²) in [5, 5.41) is 15.8. The van der Waals surface area contributed by atoms with Crippen LogP contribution in [-0.2, 0) is 5.75 Å². The summed E-state index contributed by atoms with van der Waals surface area (Å²) in [6.07, 6.45) is 0. The fourth-order valence-corrected chi connectivity index (χ4v) is 5.07. The van der Waals surface area contributed by atoms with Crippen molar-refractivity contribution in [1.29, 1.82) is 0 Å². The number of rotatable bonds is 8. The number of nitrogens with one attached hydrogen (secondary N) is 1. The Labute approximate surface area is 206 Å². The van der Waals surface area contributed by atoms with E-state index in [9.17, 15) is 4.79 Å². The average Bonchev–Trinajstić information content (AvgIpc) is 3.44. The van der Waals surface area contributed by atoms with E-state index < -0.39 is 0 Å². The Hall–Kier alpha value is -2.68. The zero-order valence-electron chi connectivity index (χ0n) is 18.6. The van der Waals surface area contributed by atoms with E-state index in [1.54, 1.807) is 5.38 Å². The first-order chi connectivity index (χ1) is 15.9. The van der Waals surface area contributed by atoms with E-state index in [1.807, 2.05) is 41.0 Å². The van der Waals surface area contributed by atoms with Gasteiger partial charge in [-0.05, 0) is 37.1 Å². The molecule has 33 heavy (non-hydrogen) atoms. The van der Waals surface area contributed by atoms with Gasteiger partial charge in [-0.1, -0.05) is 67.0 Å². The van der Waals surface area contributed by atoms with Crippen LogP contribution in [0.15, 0.2) is 59.1 Å². The van der Waals surface area contributed by atoms with Crippen molar-refractivity contribution in [3.05, 3.63) is 75.2 Å². The van der Waals surface area contributed by atoms with E-state index >= 15 is 0 Å². The van der Waals surface area contributed by atoms with E-state index in [0.717, 1.165) is 21.4 Å². The lowest BCUT2D eigenvalue weighted by Gasteiger charge is -2.11. The van der Waals surface area contributed by atoms with Crippen LogP contribution in [0.5, 0.6) is 0 Å². The zero-order chi connectivity index (χ0) is 23.4. The maximum Gasteiger partial charge on any atom is 0.270 e. The highest BCUT2D eigenvalue weighted by molar-refractivity contribution is 7.98. The van der Waals surface area contributed by atoms with Gasteiger partial charge in [0.25, 0.3) is 5.91 Å². The quantitative estimate of drug-likeness (QED) is 0.301. The molecule has 0 saturated carbocycles. The third-order valence-electron chi connectivity index (χ3n) is 4.82. The van der Waals surface area contributed by atoms with Crippen molar-refractivity contribution in [2.45, 2.75) is 31.7 Å². The molecule has 0 unspecified atom stereocenters. The molecular formula is C24H24ClN5OS2. The second kappa shape index (κ2) is 10.5. The number of hydrogen-bond acceptors (Lipinski definition) is 6. The van der Waals surface area contributed by atoms with Crippen LogP contribution < -0.4 is 5.32 Å². The fourth-order valence-electron chi connectivity index (χ4n) is 3.10. The molecule has 2 aromatic heterocycles. The highest BCUT2D eigenvalue weighted by atomic mass is 35.5. The number of thiazole rings is 1. The van der Waals surface area contributed by atoms with Gasteiger partial charge in [-0.3, -0.25) is 9.36 Å². The van der Waals surface area contributed by atoms with Crippen molar-refractivity contribution >= 4 is 40.6 Å². The molecule has 0 aliphatic heterocycles. The maximum absolute atomic E-state index is 12.3. The fraction of sp³-hybridized carbons (Fsp3) is 0.250. The van der Waals surface area contributed by atoms with Gasteiger partial charge >= 0.3 is 0 Å². The summed E-state index contributed by atoms with van der Waals surface area (Å²) in [5.41, 5.74) is 3.40. The van der Waals surface area contributed by atoms with Crippen LogP contribution in [0.25, 0.3) is 17.1 Å². The number of aromatic nitrogens is 4. The van der Waals surface area contributed by atoms with Gasteiger partial charge in [-0.15, -0.1) is 21.5 Å². The Morgan fingerprint density at radius 1 is 1.15 bits per heavy atom. The van der Waals surface area contributed by atoms with Gasteiger partial charge in [0.05, 0.1) is 10.8 Å². The average molecular weight is 498 g/mol. The molecule has 0 bridgehead atoms. The molecule has 4 aromatic rings. The number of halogens is 1. The summed E-state index contributed by atoms with van der Waals surface area (Å²) in [6.45, 7) is 6.80. The third kappa shape index (κ3) is 5.63. The molecule has 1 amide bonds. The molecular weight excluding hydrogens is 474 g/mol. The van der Waals surface area contributed by atoms with Crippen LogP contribution >= 0.6 is 34.7 Å². The Kier molecular flexibility index (Phi) is 7.47. The van der Waals surface area contributed by atoms with Crippen molar-refractivity contribution in [3.63, 3.8) is 0 Å². The van der Waals surface area contributed by atoms with Crippen LogP contribution in [0.3, 0.4) is 0 Å². The largest absolute Gasteiger partial charge is 0.350 e. The normalized spacial score (nSPS) is 11.2. The lowest BCUT2D eigenvalue weighted by atomic mass is 10.2. The number of nitrogens with zero attached hydrogens (tertiary/aromatic N) is 4. The standard InChI is InChI=1S/C24H24ClN5OS2/c1-15(2)12-26-23(31)20-13-32-21(27-20)14-33-24-29-28-22(18-6-4-5-7-19(18)25)30(24)17-10-8-16(3)9-11-17/h4-11,13,15H,12,14H2,1-3H3,(H,26,31). The highest BCUT2D eigenvalue weighted by Gasteiger charge is 2.19. The highest BCUT2D eigenvalue weighted by Crippen LogP contribution is 2.33. The van der Waals surface area contributed by atoms with E-state index in [4.69, 9.17) is 11.6 Å². The summed E-state index contributed by atoms with van der Waals surface area (Å²) in [5.74, 6) is 1.51. The van der Waals surface area contributed by atoms with Gasteiger partial charge in [0.1, 0.15) is 10.7 Å². The second-order valence-electron chi connectivity index (χ2n) is 7.98. The maximum atomic E-state index is 12.3. The zero-order valence-corrected chi connectivity index (χ0v) is 21.0. The second-order valence-corrected chi connectivity index (χ2v) is 10.3. The molecule has 2 aromatic carbocycles. The minimum Gasteiger partial charge on any atom is -0.350 e. The van der Waals surface area contributed by atoms with E-state index in [2.05, 4.69) is 53.4 Å². The lowest BCUT2D eigenvalue weighted by molar-refractivity contribution is 0.0944. The molecule has 0 saturated heterocycles. The minimum absolute atomic E-state index is 0.139. The Morgan fingerprint density at radius 2 is 1.91 bits per heavy atom. The molecule has 0 fully saturated rings. The topological polar surface area (TPSA) is 72.7 Å². The molecule has 1 N–H and O–H groups in total. The summed E-state index contributed by atoms with van der Waals surface area (Å²) >= 11 is 9.46. The van der Waals surface area contributed by atoms with Crippen LogP contribution in [0.1, 0.15) is 34.9 Å². The minimum atomic E-state index is -0.139. The van der Waals surface area contributed by atoms with E-state index in [-0.39, 0.29) is 5.91 Å². The molecule has 4 rings (SSSR count). The van der Waals surface area contributed by atoms with Gasteiger partial charge in [-0.2, -0.15) is 0 Å². The molecule has 0 aliphatic carbocycles. The molecule has 0 spiro atoms. The number of thioether (sulfide) groups is 1. The first-order valence-electron chi connectivity index (χ1n) is 10.5. The third-order valence-corrected chi connectivity index (χ3v) is 7.12. The van der Waals surface area contributed by atoms with Gasteiger partial charge in [0.15, 0.2) is 11.0 Å². The SMILES string of the molecule is Cc1ccc(-n2c(SCc3nc(C(=O)NCC(C)C)cs3)nnc2-c2ccccc2Cl)cc1. The molecule has 170 valence electrons. The number of amides is 1. The van der Waals surface area contributed by atoms with Gasteiger partial charge in [0.2, 0.25) is 0 Å². The number of benzene rings is 2. The first-order valence-corrected chi connectivity index (χ1v) is 12.8. The monoisotopic (exact) mass is 497 g/mol. The number of carbonyl (C=O) groups is 1. The summed E-state index contributed by atoms with van der Waals surface area (Å²) in [6, 6.07) is 15.8. The van der Waals surface area contributed by atoms with Crippen LogP contribution in [0, 0.1) is 12.8 Å². The molecule has 0 aliphatic rings. The van der Waals surface area contributed by atoms with Crippen molar-refractivity contribution in [1.82, 2.24) is 25.1 Å². The number of aryl methyl sites for hydroxylation is 1. The van der Waals surface area contributed by atoms with E-state index in [1.165, 1.54) is 28.7 Å². The number of carbonyl (C=O) groups excluding carboxylic acids is 1. The lowest BCUT2D eigenvalue weighted by Crippen LogP contribution is -2.27. The predicted molar refractivity (Wildman–Crippen MR) is 135 cm³/mol. The molecule has 0 atom stereocenters. The number of hydrogen-bond donors (Lipinski definition) is 1. The van der Waals surface area contributed by atoms with Crippen molar-refractivity contribution in [2.24, 2.45) is 5.92 Å². The molecule has 6 nitrogen and oxygen atoms in total. The Bertz CT molecular complexity index is 1250. The smallest absolute Gasteiger partial charge is 0.270 e. The Morgan fingerprint density at radius 3 is 2.64 bits per heavy atom. The predicted octanol–water partition coefficient (Wildman–Crippen LogP) is 6.03. The summed E-state index contributed by atoms with van der Waals surface area (Å²) in [4.78, 5) is 16.8. The van der Waals surface area contributed by atoms with Crippen molar-refractivity contribution in [3.8, 4) is 17.1 Å². The van der Waals surface area contributed by atoms with Crippen LogP contribution in [0.2, 0.25) is 5.02 Å². The summed E-state index contributed by atoms with van der Waals surface area (Å²) in [7, 11) is 0. The summed E-state index contributed by atoms with van der Waals surface area (Å²) < 4.78 is 2.01. The Balaban J connectivity index is 1.59. The molecule has 0 radical (unpaired) electrons. The van der Waals surface area contributed by atoms with E-state index in [0.29, 0.717) is 34.8 Å². The van der Waals surface area contributed by atoms with Gasteiger partial charge in [-0.25, -0.2) is 4.98 Å². The molecule has 9 heteroatoms. The van der Waals surface area contributed by atoms with Gasteiger partial charge < -0.3 is 5.32 Å². The van der Waals surface area contributed by atoms with Crippen LogP contribution in [0.4, 0.5) is 0 Å². The van der Waals surface area contributed by atoms with Crippen LogP contribution in [-0.4, -0.2) is 32.2 Å².